The van der Waals surface area contributed by atoms with Crippen molar-refractivity contribution in [1.29, 1.82) is 0 Å². The number of terminal acetylenes is 1. The van der Waals surface area contributed by atoms with Gasteiger partial charge in [-0.1, -0.05) is 30.3 Å². The molecular formula is C14H18N2O. The molecule has 2 atom stereocenters. The topological polar surface area (TPSA) is 55.1 Å². The fourth-order valence-corrected chi connectivity index (χ4v) is 1.54. The molecule has 17 heavy (non-hydrogen) atoms. The third-order valence-electron chi connectivity index (χ3n) is 2.45. The van der Waals surface area contributed by atoms with Crippen LogP contribution in [-0.2, 0) is 11.2 Å². The molecule has 0 aliphatic heterocycles. The maximum absolute atomic E-state index is 11.7. The molecule has 3 nitrogen and oxygen atoms in total. The second kappa shape index (κ2) is 6.72. The van der Waals surface area contributed by atoms with Gasteiger partial charge in [-0.15, -0.1) is 12.3 Å². The van der Waals surface area contributed by atoms with Gasteiger partial charge in [-0.05, 0) is 18.9 Å². The van der Waals surface area contributed by atoms with Crippen LogP contribution in [0.5, 0.6) is 0 Å². The largest absolute Gasteiger partial charge is 0.351 e. The summed E-state index contributed by atoms with van der Waals surface area (Å²) in [4.78, 5) is 11.7. The van der Waals surface area contributed by atoms with Crippen LogP contribution in [0.1, 0.15) is 18.9 Å². The minimum absolute atomic E-state index is 0.0330. The Kier molecular flexibility index (Phi) is 5.25. The van der Waals surface area contributed by atoms with Gasteiger partial charge in [-0.2, -0.15) is 0 Å². The fourth-order valence-electron chi connectivity index (χ4n) is 1.54. The lowest BCUT2D eigenvalue weighted by atomic mass is 10.1. The van der Waals surface area contributed by atoms with Crippen molar-refractivity contribution in [2.24, 2.45) is 5.73 Å². The van der Waals surface area contributed by atoms with Gasteiger partial charge in [0.05, 0.1) is 6.04 Å². The summed E-state index contributed by atoms with van der Waals surface area (Å²) in [5, 5.41) is 2.79. The number of nitrogens with two attached hydrogens (primary N) is 1. The van der Waals surface area contributed by atoms with Crippen molar-refractivity contribution in [3.05, 3.63) is 35.9 Å². The zero-order valence-corrected chi connectivity index (χ0v) is 10.0. The summed E-state index contributed by atoms with van der Waals surface area (Å²) in [5.41, 5.74) is 6.89. The fraction of sp³-hybridized carbons (Fsp3) is 0.357. The Morgan fingerprint density at radius 3 is 2.71 bits per heavy atom. The Morgan fingerprint density at radius 1 is 1.47 bits per heavy atom. The quantitative estimate of drug-likeness (QED) is 0.744. The number of amides is 1. The Balaban J connectivity index is 2.45. The van der Waals surface area contributed by atoms with Crippen molar-refractivity contribution >= 4 is 5.91 Å². The lowest BCUT2D eigenvalue weighted by Gasteiger charge is -2.15. The number of rotatable bonds is 5. The predicted molar refractivity (Wildman–Crippen MR) is 69.2 cm³/mol. The minimum Gasteiger partial charge on any atom is -0.351 e. The number of carbonyl (C=O) groups excluding carboxylic acids is 1. The molecule has 0 fully saturated rings. The second-order valence-electron chi connectivity index (χ2n) is 4.11. The molecule has 1 aromatic rings. The SMILES string of the molecule is C#CCC(C)NC(=O)C(N)Cc1ccccc1. The van der Waals surface area contributed by atoms with Crippen molar-refractivity contribution in [3.8, 4) is 12.3 Å². The van der Waals surface area contributed by atoms with Crippen molar-refractivity contribution in [2.75, 3.05) is 0 Å². The molecule has 0 bridgehead atoms. The molecule has 1 aromatic carbocycles. The molecular weight excluding hydrogens is 212 g/mol. The molecule has 90 valence electrons. The van der Waals surface area contributed by atoms with E-state index in [2.05, 4.69) is 11.2 Å². The van der Waals surface area contributed by atoms with Crippen LogP contribution in [0.25, 0.3) is 0 Å². The van der Waals surface area contributed by atoms with Gasteiger partial charge in [0.25, 0.3) is 0 Å². The van der Waals surface area contributed by atoms with Crippen molar-refractivity contribution in [3.63, 3.8) is 0 Å². The molecule has 1 amide bonds. The van der Waals surface area contributed by atoms with Gasteiger partial charge in [-0.3, -0.25) is 4.79 Å². The molecule has 0 aliphatic carbocycles. The highest BCUT2D eigenvalue weighted by molar-refractivity contribution is 5.82. The van der Waals surface area contributed by atoms with Crippen LogP contribution < -0.4 is 11.1 Å². The lowest BCUT2D eigenvalue weighted by Crippen LogP contribution is -2.45. The van der Waals surface area contributed by atoms with E-state index in [1.165, 1.54) is 0 Å². The molecule has 3 heteroatoms. The summed E-state index contributed by atoms with van der Waals surface area (Å²) in [7, 11) is 0. The van der Waals surface area contributed by atoms with Gasteiger partial charge in [0.15, 0.2) is 0 Å². The summed E-state index contributed by atoms with van der Waals surface area (Å²) in [6.45, 7) is 1.87. The first-order valence-electron chi connectivity index (χ1n) is 5.67. The Morgan fingerprint density at radius 2 is 2.12 bits per heavy atom. The van der Waals surface area contributed by atoms with Gasteiger partial charge in [-0.25, -0.2) is 0 Å². The smallest absolute Gasteiger partial charge is 0.237 e. The van der Waals surface area contributed by atoms with Gasteiger partial charge < -0.3 is 11.1 Å². The Hall–Kier alpha value is -1.79. The summed E-state index contributed by atoms with van der Waals surface area (Å²) >= 11 is 0. The monoisotopic (exact) mass is 230 g/mol. The number of benzene rings is 1. The first-order chi connectivity index (χ1) is 8.13. The highest BCUT2D eigenvalue weighted by Crippen LogP contribution is 2.02. The van der Waals surface area contributed by atoms with Crippen molar-refractivity contribution < 1.29 is 4.79 Å². The maximum Gasteiger partial charge on any atom is 0.237 e. The minimum atomic E-state index is -0.530. The van der Waals surface area contributed by atoms with E-state index in [1.54, 1.807) is 0 Å². The van der Waals surface area contributed by atoms with Crippen LogP contribution in [0.3, 0.4) is 0 Å². The van der Waals surface area contributed by atoms with Crippen molar-refractivity contribution in [1.82, 2.24) is 5.32 Å². The van der Waals surface area contributed by atoms with E-state index in [1.807, 2.05) is 37.3 Å². The van der Waals surface area contributed by atoms with Gasteiger partial charge in [0, 0.05) is 12.5 Å². The molecule has 0 saturated heterocycles. The average molecular weight is 230 g/mol. The van der Waals surface area contributed by atoms with E-state index < -0.39 is 6.04 Å². The van der Waals surface area contributed by atoms with Crippen LogP contribution >= 0.6 is 0 Å². The molecule has 0 aliphatic rings. The van der Waals surface area contributed by atoms with E-state index >= 15 is 0 Å². The summed E-state index contributed by atoms with van der Waals surface area (Å²) in [5.74, 6) is 2.35. The Labute approximate surface area is 102 Å². The standard InChI is InChI=1S/C14H18N2O/c1-3-7-11(2)16-14(17)13(15)10-12-8-5-4-6-9-12/h1,4-6,8-9,11,13H,7,10,15H2,2H3,(H,16,17). The molecule has 0 spiro atoms. The first-order valence-corrected chi connectivity index (χ1v) is 5.67. The highest BCUT2D eigenvalue weighted by atomic mass is 16.2. The number of hydrogen-bond donors (Lipinski definition) is 2. The maximum atomic E-state index is 11.7. The van der Waals surface area contributed by atoms with Crippen LogP contribution in [0.15, 0.2) is 30.3 Å². The average Bonchev–Trinajstić information content (AvgIpc) is 2.30. The molecule has 2 unspecified atom stereocenters. The third-order valence-corrected chi connectivity index (χ3v) is 2.45. The van der Waals surface area contributed by atoms with Crippen LogP contribution in [0, 0.1) is 12.3 Å². The summed E-state index contributed by atoms with van der Waals surface area (Å²) in [6, 6.07) is 9.15. The number of hydrogen-bond acceptors (Lipinski definition) is 2. The summed E-state index contributed by atoms with van der Waals surface area (Å²) < 4.78 is 0. The number of carbonyl (C=O) groups is 1. The van der Waals surface area contributed by atoms with Gasteiger partial charge in [0.1, 0.15) is 0 Å². The van der Waals surface area contributed by atoms with E-state index in [0.717, 1.165) is 5.56 Å². The van der Waals surface area contributed by atoms with E-state index in [4.69, 9.17) is 12.2 Å². The van der Waals surface area contributed by atoms with E-state index in [9.17, 15) is 4.79 Å². The van der Waals surface area contributed by atoms with Gasteiger partial charge in [0.2, 0.25) is 5.91 Å². The second-order valence-corrected chi connectivity index (χ2v) is 4.11. The third kappa shape index (κ3) is 4.71. The molecule has 1 rings (SSSR count). The normalized spacial score (nSPS) is 13.5. The van der Waals surface area contributed by atoms with Crippen molar-refractivity contribution in [2.45, 2.75) is 31.8 Å². The Bertz CT molecular complexity index is 394. The predicted octanol–water partition coefficient (Wildman–Crippen LogP) is 1.08. The molecule has 0 radical (unpaired) electrons. The number of nitrogens with one attached hydrogen (secondary N) is 1. The summed E-state index contributed by atoms with van der Waals surface area (Å²) in [6.07, 6.45) is 6.23. The van der Waals surface area contributed by atoms with Crippen LogP contribution in [0.2, 0.25) is 0 Å². The molecule has 0 saturated carbocycles. The zero-order chi connectivity index (χ0) is 12.7. The zero-order valence-electron chi connectivity index (χ0n) is 10.0. The molecule has 0 aromatic heterocycles. The van der Waals surface area contributed by atoms with Crippen LogP contribution in [0.4, 0.5) is 0 Å². The molecule has 0 heterocycles. The van der Waals surface area contributed by atoms with E-state index in [-0.39, 0.29) is 11.9 Å². The first kappa shape index (κ1) is 13.3. The molecule has 3 N–H and O–H groups in total. The highest BCUT2D eigenvalue weighted by Gasteiger charge is 2.15. The van der Waals surface area contributed by atoms with Gasteiger partial charge >= 0.3 is 0 Å². The van der Waals surface area contributed by atoms with Crippen LogP contribution in [-0.4, -0.2) is 18.0 Å². The lowest BCUT2D eigenvalue weighted by molar-refractivity contribution is -0.122. The van der Waals surface area contributed by atoms with E-state index in [0.29, 0.717) is 12.8 Å².